The Bertz CT molecular complexity index is 878. The number of carbonyl (C=O) groups excluding carboxylic acids is 1. The van der Waals surface area contributed by atoms with Gasteiger partial charge in [0.25, 0.3) is 15.9 Å². The summed E-state index contributed by atoms with van der Waals surface area (Å²) < 4.78 is 45.8. The molecule has 8 heteroatoms. The number of rotatable bonds is 6. The first-order valence-electron chi connectivity index (χ1n) is 8.23. The zero-order valence-corrected chi connectivity index (χ0v) is 14.8. The van der Waals surface area contributed by atoms with E-state index < -0.39 is 21.7 Å². The summed E-state index contributed by atoms with van der Waals surface area (Å²) in [6, 6.07) is 10.8. The molecular formula is C18H19FN2O4S. The number of hydrogen-bond donors (Lipinski definition) is 2. The maximum Gasteiger partial charge on any atom is 0.261 e. The second-order valence-corrected chi connectivity index (χ2v) is 7.63. The van der Waals surface area contributed by atoms with Gasteiger partial charge in [0.05, 0.1) is 22.3 Å². The zero-order valence-electron chi connectivity index (χ0n) is 13.9. The highest BCUT2D eigenvalue weighted by Gasteiger charge is 2.20. The normalized spacial score (nSPS) is 17.0. The maximum absolute atomic E-state index is 13.0. The first-order chi connectivity index (χ1) is 12.5. The molecule has 0 aliphatic carbocycles. The number of benzene rings is 2. The highest BCUT2D eigenvalue weighted by atomic mass is 32.2. The van der Waals surface area contributed by atoms with Gasteiger partial charge in [0.15, 0.2) is 0 Å². The van der Waals surface area contributed by atoms with E-state index in [1.54, 1.807) is 12.1 Å². The van der Waals surface area contributed by atoms with E-state index in [2.05, 4.69) is 10.0 Å². The van der Waals surface area contributed by atoms with E-state index in [1.165, 1.54) is 12.1 Å². The van der Waals surface area contributed by atoms with Crippen LogP contribution in [0.25, 0.3) is 0 Å². The van der Waals surface area contributed by atoms with Crippen molar-refractivity contribution in [3.05, 3.63) is 59.9 Å². The SMILES string of the molecule is O=C(NC[C@H]1CCCO1)c1ccccc1NS(=O)(=O)c1ccc(F)cc1. The lowest BCUT2D eigenvalue weighted by Crippen LogP contribution is -2.32. The summed E-state index contributed by atoms with van der Waals surface area (Å²) in [6.07, 6.45) is 1.84. The average Bonchev–Trinajstić information content (AvgIpc) is 3.14. The van der Waals surface area contributed by atoms with E-state index >= 15 is 0 Å². The molecule has 138 valence electrons. The van der Waals surface area contributed by atoms with E-state index in [-0.39, 0.29) is 22.3 Å². The van der Waals surface area contributed by atoms with Crippen LogP contribution in [0, 0.1) is 5.82 Å². The smallest absolute Gasteiger partial charge is 0.261 e. The van der Waals surface area contributed by atoms with Crippen molar-refractivity contribution < 1.29 is 22.3 Å². The Balaban J connectivity index is 1.75. The van der Waals surface area contributed by atoms with Gasteiger partial charge in [-0.05, 0) is 49.2 Å². The number of hydrogen-bond acceptors (Lipinski definition) is 4. The Kier molecular flexibility index (Phi) is 5.53. The van der Waals surface area contributed by atoms with Crippen molar-refractivity contribution in [2.24, 2.45) is 0 Å². The molecule has 0 radical (unpaired) electrons. The minimum absolute atomic E-state index is 0.0120. The van der Waals surface area contributed by atoms with Crippen molar-refractivity contribution in [2.45, 2.75) is 23.8 Å². The van der Waals surface area contributed by atoms with Crippen LogP contribution in [0.15, 0.2) is 53.4 Å². The molecule has 26 heavy (non-hydrogen) atoms. The molecule has 0 bridgehead atoms. The molecule has 0 saturated carbocycles. The molecule has 1 amide bonds. The van der Waals surface area contributed by atoms with E-state index in [4.69, 9.17) is 4.74 Å². The molecule has 1 aliphatic heterocycles. The van der Waals surface area contributed by atoms with Gasteiger partial charge in [-0.15, -0.1) is 0 Å². The summed E-state index contributed by atoms with van der Waals surface area (Å²) in [6.45, 7) is 1.06. The van der Waals surface area contributed by atoms with Gasteiger partial charge in [0, 0.05) is 13.2 Å². The van der Waals surface area contributed by atoms with Gasteiger partial charge >= 0.3 is 0 Å². The quantitative estimate of drug-likeness (QED) is 0.809. The van der Waals surface area contributed by atoms with Crippen LogP contribution >= 0.6 is 0 Å². The van der Waals surface area contributed by atoms with E-state index in [0.29, 0.717) is 13.2 Å². The lowest BCUT2D eigenvalue weighted by Gasteiger charge is -2.14. The van der Waals surface area contributed by atoms with E-state index in [0.717, 1.165) is 37.1 Å². The first-order valence-corrected chi connectivity index (χ1v) is 9.71. The fourth-order valence-electron chi connectivity index (χ4n) is 2.69. The van der Waals surface area contributed by atoms with Gasteiger partial charge in [-0.2, -0.15) is 0 Å². The number of nitrogens with one attached hydrogen (secondary N) is 2. The van der Waals surface area contributed by atoms with E-state index in [9.17, 15) is 17.6 Å². The van der Waals surface area contributed by atoms with Crippen molar-refractivity contribution >= 4 is 21.6 Å². The zero-order chi connectivity index (χ0) is 18.6. The molecule has 2 N–H and O–H groups in total. The number of amides is 1. The molecule has 1 fully saturated rings. The Hall–Kier alpha value is -2.45. The van der Waals surface area contributed by atoms with Crippen molar-refractivity contribution in [3.63, 3.8) is 0 Å². The number of sulfonamides is 1. The molecule has 3 rings (SSSR count). The first kappa shape index (κ1) is 18.3. The van der Waals surface area contributed by atoms with Crippen LogP contribution in [0.2, 0.25) is 0 Å². The van der Waals surface area contributed by atoms with Crippen LogP contribution in [0.1, 0.15) is 23.2 Å². The largest absolute Gasteiger partial charge is 0.376 e. The van der Waals surface area contributed by atoms with Crippen LogP contribution in [0.3, 0.4) is 0 Å². The van der Waals surface area contributed by atoms with Crippen molar-refractivity contribution in [1.82, 2.24) is 5.32 Å². The molecule has 1 aliphatic rings. The summed E-state index contributed by atoms with van der Waals surface area (Å²) >= 11 is 0. The van der Waals surface area contributed by atoms with Gasteiger partial charge in [-0.3, -0.25) is 9.52 Å². The monoisotopic (exact) mass is 378 g/mol. The van der Waals surface area contributed by atoms with Gasteiger partial charge in [-0.25, -0.2) is 12.8 Å². The van der Waals surface area contributed by atoms with Crippen LogP contribution in [0.5, 0.6) is 0 Å². The van der Waals surface area contributed by atoms with Crippen molar-refractivity contribution in [3.8, 4) is 0 Å². The molecule has 2 aromatic carbocycles. The van der Waals surface area contributed by atoms with Crippen molar-refractivity contribution in [2.75, 3.05) is 17.9 Å². The molecule has 0 aromatic heterocycles. The van der Waals surface area contributed by atoms with Crippen LogP contribution in [-0.4, -0.2) is 33.6 Å². The number of para-hydroxylation sites is 1. The number of ether oxygens (including phenoxy) is 1. The molecule has 1 saturated heterocycles. The maximum atomic E-state index is 13.0. The average molecular weight is 378 g/mol. The Morgan fingerprint density at radius 1 is 1.15 bits per heavy atom. The third kappa shape index (κ3) is 4.39. The molecular weight excluding hydrogens is 359 g/mol. The van der Waals surface area contributed by atoms with Gasteiger partial charge < -0.3 is 10.1 Å². The fourth-order valence-corrected chi connectivity index (χ4v) is 3.77. The third-order valence-electron chi connectivity index (χ3n) is 4.05. The summed E-state index contributed by atoms with van der Waals surface area (Å²) in [4.78, 5) is 12.3. The predicted molar refractivity (Wildman–Crippen MR) is 95.0 cm³/mol. The Morgan fingerprint density at radius 3 is 2.58 bits per heavy atom. The second kappa shape index (κ2) is 7.84. The lowest BCUT2D eigenvalue weighted by molar-refractivity contribution is 0.0858. The molecule has 1 atom stereocenters. The summed E-state index contributed by atoms with van der Waals surface area (Å²) in [5.74, 6) is -0.921. The second-order valence-electron chi connectivity index (χ2n) is 5.95. The molecule has 1 heterocycles. The third-order valence-corrected chi connectivity index (χ3v) is 5.44. The van der Waals surface area contributed by atoms with Crippen LogP contribution < -0.4 is 10.0 Å². The molecule has 6 nitrogen and oxygen atoms in total. The number of halogens is 1. The molecule has 2 aromatic rings. The van der Waals surface area contributed by atoms with Gasteiger partial charge in [0.2, 0.25) is 0 Å². The van der Waals surface area contributed by atoms with Gasteiger partial charge in [0.1, 0.15) is 5.82 Å². The molecule has 0 spiro atoms. The van der Waals surface area contributed by atoms with Crippen LogP contribution in [0.4, 0.5) is 10.1 Å². The fraction of sp³-hybridized carbons (Fsp3) is 0.278. The Labute approximate surface area is 151 Å². The lowest BCUT2D eigenvalue weighted by atomic mass is 10.1. The summed E-state index contributed by atoms with van der Waals surface area (Å²) in [7, 11) is -3.94. The summed E-state index contributed by atoms with van der Waals surface area (Å²) in [5, 5.41) is 2.77. The highest BCUT2D eigenvalue weighted by Crippen LogP contribution is 2.20. The number of anilines is 1. The predicted octanol–water partition coefficient (Wildman–Crippen LogP) is 2.54. The standard InChI is InChI=1S/C18H19FN2O4S/c19-13-7-9-15(10-8-13)26(23,24)21-17-6-2-1-5-16(17)18(22)20-12-14-4-3-11-25-14/h1-2,5-10,14,21H,3-4,11-12H2,(H,20,22)/t14-/m1/s1. The van der Waals surface area contributed by atoms with Crippen molar-refractivity contribution in [1.29, 1.82) is 0 Å². The number of carbonyl (C=O) groups is 1. The highest BCUT2D eigenvalue weighted by molar-refractivity contribution is 7.92. The minimum Gasteiger partial charge on any atom is -0.376 e. The summed E-state index contributed by atoms with van der Waals surface area (Å²) in [5.41, 5.74) is 0.359. The van der Waals surface area contributed by atoms with E-state index in [1.807, 2.05) is 0 Å². The topological polar surface area (TPSA) is 84.5 Å². The van der Waals surface area contributed by atoms with Crippen LogP contribution in [-0.2, 0) is 14.8 Å². The Morgan fingerprint density at radius 2 is 1.88 bits per heavy atom. The molecule has 0 unspecified atom stereocenters. The van der Waals surface area contributed by atoms with Gasteiger partial charge in [-0.1, -0.05) is 12.1 Å². The minimum atomic E-state index is -3.94.